The molecule has 0 unspecified atom stereocenters. The highest BCUT2D eigenvalue weighted by atomic mass is 31.2. The first-order valence-corrected chi connectivity index (χ1v) is 12.0. The van der Waals surface area contributed by atoms with Gasteiger partial charge in [0.2, 0.25) is 0 Å². The van der Waals surface area contributed by atoms with Crippen LogP contribution in [0.2, 0.25) is 0 Å². The zero-order valence-corrected chi connectivity index (χ0v) is 17.5. The molecule has 4 aromatic carbocycles. The van der Waals surface area contributed by atoms with E-state index in [1.54, 1.807) is 0 Å². The van der Waals surface area contributed by atoms with Crippen LogP contribution in [0.1, 0.15) is 5.56 Å². The van der Waals surface area contributed by atoms with Crippen LogP contribution in [-0.2, 0) is 0 Å². The summed E-state index contributed by atoms with van der Waals surface area (Å²) in [7, 11) is 0. The minimum atomic E-state index is -2.02. The van der Waals surface area contributed by atoms with Gasteiger partial charge in [-0.3, -0.25) is 4.98 Å². The second-order valence-electron chi connectivity index (χ2n) is 7.32. The quantitative estimate of drug-likeness (QED) is 0.367. The average Bonchev–Trinajstić information content (AvgIpc) is 2.84. The highest BCUT2D eigenvalue weighted by molar-refractivity contribution is 7.94. The third-order valence-electron chi connectivity index (χ3n) is 5.44. The van der Waals surface area contributed by atoms with E-state index in [-0.39, 0.29) is 0 Å². The second kappa shape index (κ2) is 8.14. The van der Waals surface area contributed by atoms with Crippen LogP contribution in [0.15, 0.2) is 128 Å². The Morgan fingerprint density at radius 1 is 0.533 bits per heavy atom. The number of hydrogen-bond acceptors (Lipinski definition) is 1. The zero-order chi connectivity index (χ0) is 20.2. The van der Waals surface area contributed by atoms with Gasteiger partial charge in [0, 0.05) is 11.6 Å². The van der Waals surface area contributed by atoms with E-state index in [0.29, 0.717) is 0 Å². The lowest BCUT2D eigenvalue weighted by molar-refractivity contribution is 1.40. The Bertz CT molecular complexity index is 1220. The third-order valence-corrected chi connectivity index (χ3v) is 9.47. The molecule has 0 saturated carbocycles. The Morgan fingerprint density at radius 2 is 1.00 bits per heavy atom. The molecule has 0 spiro atoms. The summed E-state index contributed by atoms with van der Waals surface area (Å²) in [4.78, 5) is 4.73. The molecule has 1 aromatic heterocycles. The first-order chi connectivity index (χ1) is 14.9. The summed E-state index contributed by atoms with van der Waals surface area (Å²) in [6.45, 7) is -2.02. The maximum Gasteiger partial charge on any atom is 0.0702 e. The largest absolute Gasteiger partial charge is 0.256 e. The van der Waals surface area contributed by atoms with Gasteiger partial charge in [-0.1, -0.05) is 109 Å². The lowest BCUT2D eigenvalue weighted by Crippen LogP contribution is -2.27. The van der Waals surface area contributed by atoms with Gasteiger partial charge in [0.05, 0.1) is 5.52 Å². The van der Waals surface area contributed by atoms with Crippen LogP contribution in [-0.4, -0.2) is 10.8 Å². The van der Waals surface area contributed by atoms with Crippen LogP contribution in [0.3, 0.4) is 0 Å². The number of fused-ring (bicyclic) bond motifs is 1. The van der Waals surface area contributed by atoms with E-state index >= 15 is 0 Å². The molecule has 0 radical (unpaired) electrons. The van der Waals surface area contributed by atoms with Gasteiger partial charge in [0.25, 0.3) is 0 Å². The molecule has 0 saturated heterocycles. The molecule has 0 aliphatic rings. The van der Waals surface area contributed by atoms with Gasteiger partial charge < -0.3 is 0 Å². The Morgan fingerprint density at radius 3 is 1.53 bits per heavy atom. The number of pyridine rings is 1. The fraction of sp³-hybridized carbons (Fsp3) is 0. The van der Waals surface area contributed by atoms with E-state index in [2.05, 4.69) is 121 Å². The summed E-state index contributed by atoms with van der Waals surface area (Å²) in [6.07, 6.45) is 2.01. The monoisotopic (exact) mass is 403 g/mol. The van der Waals surface area contributed by atoms with Crippen molar-refractivity contribution in [3.05, 3.63) is 133 Å². The first kappa shape index (κ1) is 18.6. The summed E-state index contributed by atoms with van der Waals surface area (Å²) in [5.41, 5.74) is 2.18. The minimum Gasteiger partial charge on any atom is -0.256 e. The highest BCUT2D eigenvalue weighted by Gasteiger charge is 2.24. The minimum absolute atomic E-state index is 1.03. The molecule has 0 aliphatic heterocycles. The molecule has 0 aliphatic carbocycles. The molecule has 0 atom stereocenters. The Labute approximate surface area is 177 Å². The van der Waals surface area contributed by atoms with Crippen molar-refractivity contribution >= 4 is 39.5 Å². The van der Waals surface area contributed by atoms with Crippen LogP contribution in [0.5, 0.6) is 0 Å². The zero-order valence-electron chi connectivity index (χ0n) is 16.6. The SMILES string of the molecule is C(c1cnc2ccccc2c1)=P(c1ccccc1)(c1ccccc1)c1ccccc1. The molecule has 144 valence electrons. The van der Waals surface area contributed by atoms with Crippen molar-refractivity contribution in [2.75, 3.05) is 0 Å². The Kier molecular flexibility index (Phi) is 5.05. The highest BCUT2D eigenvalue weighted by Crippen LogP contribution is 2.44. The van der Waals surface area contributed by atoms with Crippen molar-refractivity contribution in [1.82, 2.24) is 4.98 Å². The predicted molar refractivity (Wildman–Crippen MR) is 132 cm³/mol. The van der Waals surface area contributed by atoms with Gasteiger partial charge in [-0.05, 0) is 46.3 Å². The van der Waals surface area contributed by atoms with Crippen LogP contribution in [0.25, 0.3) is 10.9 Å². The molecule has 0 amide bonds. The molecule has 0 N–H and O–H groups in total. The maximum absolute atomic E-state index is 4.73. The summed E-state index contributed by atoms with van der Waals surface area (Å²) in [5, 5.41) is 5.19. The van der Waals surface area contributed by atoms with Gasteiger partial charge in [0.1, 0.15) is 0 Å². The molecular formula is C28H22NP. The molecule has 0 bridgehead atoms. The smallest absolute Gasteiger partial charge is 0.0702 e. The van der Waals surface area contributed by atoms with Crippen molar-refractivity contribution in [3.63, 3.8) is 0 Å². The van der Waals surface area contributed by atoms with Gasteiger partial charge in [-0.2, -0.15) is 0 Å². The molecule has 30 heavy (non-hydrogen) atoms. The second-order valence-corrected chi connectivity index (χ2v) is 10.6. The number of nitrogens with zero attached hydrogens (tertiary/aromatic N) is 1. The van der Waals surface area contributed by atoms with Crippen molar-refractivity contribution in [2.24, 2.45) is 0 Å². The van der Waals surface area contributed by atoms with E-state index in [4.69, 9.17) is 4.98 Å². The Hall–Kier alpha value is -3.41. The van der Waals surface area contributed by atoms with Gasteiger partial charge in [-0.25, -0.2) is 0 Å². The van der Waals surface area contributed by atoms with E-state index in [1.807, 2.05) is 12.3 Å². The van der Waals surface area contributed by atoms with Crippen molar-refractivity contribution in [1.29, 1.82) is 0 Å². The molecule has 1 heterocycles. The molecule has 2 heteroatoms. The molecular weight excluding hydrogens is 381 g/mol. The van der Waals surface area contributed by atoms with Crippen molar-refractivity contribution in [3.8, 4) is 0 Å². The fourth-order valence-corrected chi connectivity index (χ4v) is 7.90. The van der Waals surface area contributed by atoms with Crippen molar-refractivity contribution in [2.45, 2.75) is 0 Å². The average molecular weight is 403 g/mol. The Balaban J connectivity index is 1.88. The molecule has 5 aromatic rings. The molecule has 5 rings (SSSR count). The van der Waals surface area contributed by atoms with Gasteiger partial charge in [-0.15, -0.1) is 0 Å². The summed E-state index contributed by atoms with van der Waals surface area (Å²) in [6, 6.07) is 43.2. The molecule has 1 nitrogen and oxygen atoms in total. The summed E-state index contributed by atoms with van der Waals surface area (Å²) < 4.78 is 0. The lowest BCUT2D eigenvalue weighted by atomic mass is 10.2. The third kappa shape index (κ3) is 3.38. The standard InChI is InChI=1S/C28H22NP/c1-4-13-25(14-5-1)30(26-15-6-2-7-16-26,27-17-8-3-9-18-27)22-23-20-24-12-10-11-19-28(24)29-21-23/h1-22H. The van der Waals surface area contributed by atoms with Gasteiger partial charge >= 0.3 is 0 Å². The summed E-state index contributed by atoms with van der Waals surface area (Å²) >= 11 is 0. The van der Waals surface area contributed by atoms with E-state index in [9.17, 15) is 0 Å². The number of aromatic nitrogens is 1. The van der Waals surface area contributed by atoms with Crippen LogP contribution in [0, 0.1) is 0 Å². The molecule has 0 fully saturated rings. The normalized spacial score (nSPS) is 11.3. The van der Waals surface area contributed by atoms with Crippen LogP contribution < -0.4 is 15.9 Å². The maximum atomic E-state index is 4.73. The lowest BCUT2D eigenvalue weighted by Gasteiger charge is -2.29. The summed E-state index contributed by atoms with van der Waals surface area (Å²) in [5.74, 6) is 2.46. The van der Waals surface area contributed by atoms with Crippen LogP contribution in [0.4, 0.5) is 0 Å². The number of benzene rings is 4. The fourth-order valence-electron chi connectivity index (χ4n) is 4.04. The van der Waals surface area contributed by atoms with Gasteiger partial charge in [0.15, 0.2) is 0 Å². The van der Waals surface area contributed by atoms with Crippen LogP contribution >= 0.6 is 6.89 Å². The predicted octanol–water partition coefficient (Wildman–Crippen LogP) is 5.38. The van der Waals surface area contributed by atoms with E-state index < -0.39 is 6.89 Å². The first-order valence-electron chi connectivity index (χ1n) is 10.1. The number of para-hydroxylation sites is 1. The number of rotatable bonds is 4. The number of hydrogen-bond donors (Lipinski definition) is 0. The van der Waals surface area contributed by atoms with E-state index in [0.717, 1.165) is 11.1 Å². The van der Waals surface area contributed by atoms with Crippen molar-refractivity contribution < 1.29 is 0 Å². The topological polar surface area (TPSA) is 12.9 Å². The van der Waals surface area contributed by atoms with E-state index in [1.165, 1.54) is 21.3 Å².